The molecule has 2 aliphatic carbocycles. The fourth-order valence-corrected chi connectivity index (χ4v) is 3.42. The summed E-state index contributed by atoms with van der Waals surface area (Å²) < 4.78 is 0. The summed E-state index contributed by atoms with van der Waals surface area (Å²) in [5, 5.41) is 21.4. The van der Waals surface area contributed by atoms with Crippen molar-refractivity contribution in [2.75, 3.05) is 5.73 Å². The van der Waals surface area contributed by atoms with E-state index in [0.29, 0.717) is 16.7 Å². The number of anilines is 1. The van der Waals surface area contributed by atoms with Gasteiger partial charge in [0, 0.05) is 11.1 Å². The molecule has 2 N–H and O–H groups in total. The summed E-state index contributed by atoms with van der Waals surface area (Å²) in [6.07, 6.45) is 0. The van der Waals surface area contributed by atoms with Crippen molar-refractivity contribution in [3.05, 3.63) is 77.9 Å². The van der Waals surface area contributed by atoms with Crippen molar-refractivity contribution < 1.29 is 0 Å². The molecule has 0 bridgehead atoms. The van der Waals surface area contributed by atoms with Crippen molar-refractivity contribution in [3.63, 3.8) is 0 Å². The summed E-state index contributed by atoms with van der Waals surface area (Å²) in [6, 6.07) is 26.2. The lowest BCUT2D eigenvalue weighted by Gasteiger charge is -2.09. The number of nitrogen functional groups attached to an aromatic ring is 1. The molecule has 0 radical (unpaired) electrons. The molecule has 0 spiro atoms. The van der Waals surface area contributed by atoms with E-state index in [4.69, 9.17) is 5.73 Å². The second-order valence-corrected chi connectivity index (χ2v) is 5.83. The number of hydrogen-bond donors (Lipinski definition) is 1. The largest absolute Gasteiger partial charge is 0.397 e. The van der Waals surface area contributed by atoms with E-state index in [9.17, 15) is 10.5 Å². The second kappa shape index (κ2) is 5.67. The minimum absolute atomic E-state index is 0.257. The van der Waals surface area contributed by atoms with Crippen LogP contribution in [-0.2, 0) is 0 Å². The Hall–Kier alpha value is -3.82. The van der Waals surface area contributed by atoms with Crippen molar-refractivity contribution >= 4 is 16.5 Å². The Kier molecular flexibility index (Phi) is 3.35. The third kappa shape index (κ3) is 2.11. The molecule has 0 fully saturated rings. The number of nitriles is 2. The van der Waals surface area contributed by atoms with Gasteiger partial charge in [-0.05, 0) is 21.9 Å². The zero-order valence-electron chi connectivity index (χ0n) is 13.3. The minimum Gasteiger partial charge on any atom is -0.397 e. The Morgan fingerprint density at radius 3 is 2.00 bits per heavy atom. The van der Waals surface area contributed by atoms with Crippen LogP contribution in [-0.4, -0.2) is 0 Å². The maximum Gasteiger partial charge on any atom is 0.102 e. The van der Waals surface area contributed by atoms with E-state index >= 15 is 0 Å². The van der Waals surface area contributed by atoms with Gasteiger partial charge in [-0.3, -0.25) is 0 Å². The first-order chi connectivity index (χ1) is 12.3. The van der Waals surface area contributed by atoms with Gasteiger partial charge in [0.05, 0.1) is 16.8 Å². The lowest BCUT2D eigenvalue weighted by atomic mass is 9.93. The molecule has 4 rings (SSSR count). The van der Waals surface area contributed by atoms with Crippen LogP contribution in [0.3, 0.4) is 0 Å². The van der Waals surface area contributed by atoms with Crippen LogP contribution < -0.4 is 5.73 Å². The number of benzene rings is 2. The van der Waals surface area contributed by atoms with Gasteiger partial charge in [0.25, 0.3) is 0 Å². The van der Waals surface area contributed by atoms with Crippen LogP contribution in [0.2, 0.25) is 0 Å². The predicted molar refractivity (Wildman–Crippen MR) is 99.8 cm³/mol. The molecule has 0 unspecified atom stereocenters. The van der Waals surface area contributed by atoms with E-state index in [1.807, 2.05) is 48.5 Å². The monoisotopic (exact) mass is 319 g/mol. The Labute approximate surface area is 145 Å². The lowest BCUT2D eigenvalue weighted by molar-refractivity contribution is 1.50. The number of rotatable bonds is 1. The molecule has 3 heteroatoms. The summed E-state index contributed by atoms with van der Waals surface area (Å²) >= 11 is 0. The molecule has 2 aromatic rings. The van der Waals surface area contributed by atoms with Gasteiger partial charge >= 0.3 is 0 Å². The third-order valence-corrected chi connectivity index (χ3v) is 4.54. The molecule has 0 atom stereocenters. The van der Waals surface area contributed by atoms with Crippen LogP contribution in [0.15, 0.2) is 66.7 Å². The fraction of sp³-hybridized carbons (Fsp3) is 0. The maximum atomic E-state index is 9.65. The summed E-state index contributed by atoms with van der Waals surface area (Å²) in [5.74, 6) is 0. The quantitative estimate of drug-likeness (QED) is 0.540. The zero-order valence-corrected chi connectivity index (χ0v) is 13.3. The molecule has 25 heavy (non-hydrogen) atoms. The van der Waals surface area contributed by atoms with Crippen LogP contribution in [0.25, 0.3) is 33.0 Å². The van der Waals surface area contributed by atoms with Crippen molar-refractivity contribution in [2.24, 2.45) is 0 Å². The van der Waals surface area contributed by atoms with Gasteiger partial charge < -0.3 is 5.73 Å². The molecule has 2 aromatic carbocycles. The van der Waals surface area contributed by atoms with Crippen molar-refractivity contribution in [3.8, 4) is 34.4 Å². The number of nitrogens with two attached hydrogens (primary N) is 1. The topological polar surface area (TPSA) is 73.6 Å². The van der Waals surface area contributed by atoms with Gasteiger partial charge in [0.15, 0.2) is 0 Å². The first-order valence-electron chi connectivity index (χ1n) is 7.88. The average Bonchev–Trinajstić information content (AvgIpc) is 2.78. The smallest absolute Gasteiger partial charge is 0.102 e. The predicted octanol–water partition coefficient (Wildman–Crippen LogP) is 4.94. The first kappa shape index (κ1) is 14.8. The van der Waals surface area contributed by atoms with E-state index < -0.39 is 0 Å². The Morgan fingerprint density at radius 2 is 1.24 bits per heavy atom. The Balaban J connectivity index is 2.18. The van der Waals surface area contributed by atoms with Crippen LogP contribution in [0, 0.1) is 22.7 Å². The van der Waals surface area contributed by atoms with Crippen molar-refractivity contribution in [1.29, 1.82) is 10.5 Å². The molecule has 0 saturated heterocycles. The molecule has 0 aromatic heterocycles. The highest BCUT2D eigenvalue weighted by atomic mass is 14.6. The van der Waals surface area contributed by atoms with Crippen molar-refractivity contribution in [1.82, 2.24) is 0 Å². The van der Waals surface area contributed by atoms with E-state index in [0.717, 1.165) is 27.5 Å². The molecule has 116 valence electrons. The maximum absolute atomic E-state index is 9.65. The average molecular weight is 319 g/mol. The van der Waals surface area contributed by atoms with Gasteiger partial charge in [-0.25, -0.2) is 0 Å². The summed E-state index contributed by atoms with van der Waals surface area (Å²) in [4.78, 5) is 0. The van der Waals surface area contributed by atoms with Crippen LogP contribution >= 0.6 is 0 Å². The minimum atomic E-state index is 0.257. The van der Waals surface area contributed by atoms with Crippen LogP contribution in [0.4, 0.5) is 5.69 Å². The van der Waals surface area contributed by atoms with E-state index in [-0.39, 0.29) is 5.69 Å². The Morgan fingerprint density at radius 1 is 0.640 bits per heavy atom. The van der Waals surface area contributed by atoms with E-state index in [1.54, 1.807) is 0 Å². The van der Waals surface area contributed by atoms with E-state index in [1.165, 1.54) is 0 Å². The second-order valence-electron chi connectivity index (χ2n) is 5.83. The SMILES string of the molecule is N#Cc1c2ccccc(-c3cccc4ccccc34)c-2c(C#N)c1N. The first-order valence-corrected chi connectivity index (χ1v) is 7.88. The lowest BCUT2D eigenvalue weighted by Crippen LogP contribution is -1.88. The summed E-state index contributed by atoms with van der Waals surface area (Å²) in [7, 11) is 0. The van der Waals surface area contributed by atoms with Gasteiger partial charge in [-0.1, -0.05) is 66.7 Å². The molecule has 0 saturated carbocycles. The third-order valence-electron chi connectivity index (χ3n) is 4.54. The standard InChI is InChI=1S/C22H13N3/c23-12-19-18-10-4-3-9-17(21(18)20(13-24)22(19)25)16-11-5-7-14-6-1-2-8-15(14)16/h1-11H,25H2. The molecular formula is C22H13N3. The highest BCUT2D eigenvalue weighted by Crippen LogP contribution is 2.44. The highest BCUT2D eigenvalue weighted by molar-refractivity contribution is 6.04. The van der Waals surface area contributed by atoms with Gasteiger partial charge in [-0.15, -0.1) is 0 Å². The zero-order chi connectivity index (χ0) is 17.4. The highest BCUT2D eigenvalue weighted by Gasteiger charge is 2.24. The number of nitrogens with zero attached hydrogens (tertiary/aromatic N) is 2. The fourth-order valence-electron chi connectivity index (χ4n) is 3.42. The summed E-state index contributed by atoms with van der Waals surface area (Å²) in [6.45, 7) is 0. The number of fused-ring (bicyclic) bond motifs is 2. The molecule has 2 aliphatic rings. The van der Waals surface area contributed by atoms with Crippen molar-refractivity contribution in [2.45, 2.75) is 0 Å². The number of hydrogen-bond acceptors (Lipinski definition) is 3. The van der Waals surface area contributed by atoms with Gasteiger partial charge in [-0.2, -0.15) is 10.5 Å². The van der Waals surface area contributed by atoms with Gasteiger partial charge in [0.1, 0.15) is 12.1 Å². The van der Waals surface area contributed by atoms with Crippen LogP contribution in [0.1, 0.15) is 11.1 Å². The molecular weight excluding hydrogens is 306 g/mol. The Bertz CT molecular complexity index is 1170. The molecule has 3 nitrogen and oxygen atoms in total. The molecule has 0 heterocycles. The molecule has 0 aliphatic heterocycles. The molecule has 0 amide bonds. The summed E-state index contributed by atoms with van der Waals surface area (Å²) in [5.41, 5.74) is 10.5. The van der Waals surface area contributed by atoms with E-state index in [2.05, 4.69) is 30.3 Å². The van der Waals surface area contributed by atoms with Crippen LogP contribution in [0.5, 0.6) is 0 Å². The van der Waals surface area contributed by atoms with Gasteiger partial charge in [0.2, 0.25) is 0 Å². The normalized spacial score (nSPS) is 10.5.